The van der Waals surface area contributed by atoms with Gasteiger partial charge in [-0.2, -0.15) is 10.4 Å². The molecule has 0 atom stereocenters. The predicted molar refractivity (Wildman–Crippen MR) is 147 cm³/mol. The molecule has 5 rings (SSSR count). The molecule has 4 aromatic rings. The first kappa shape index (κ1) is 24.0. The number of nitrogens with zero attached hydrogens (tertiary/aromatic N) is 5. The summed E-state index contributed by atoms with van der Waals surface area (Å²) in [6, 6.07) is 29.9. The van der Waals surface area contributed by atoms with Crippen LogP contribution in [0.2, 0.25) is 0 Å². The van der Waals surface area contributed by atoms with Crippen molar-refractivity contribution >= 4 is 17.9 Å². The molecule has 1 aliphatic rings. The van der Waals surface area contributed by atoms with E-state index in [4.69, 9.17) is 0 Å². The zero-order valence-corrected chi connectivity index (χ0v) is 20.3. The SMILES string of the molecule is N#Cc1c(-c2ccccc2)nc(NN=Cc2ccc(N3CCN(Cc4ccccc4)CC3)cc2)[nH]c1=O. The number of aromatic nitrogens is 2. The Bertz CT molecular complexity index is 1450. The lowest BCUT2D eigenvalue weighted by atomic mass is 10.1. The highest BCUT2D eigenvalue weighted by molar-refractivity contribution is 5.81. The molecule has 2 heterocycles. The van der Waals surface area contributed by atoms with Gasteiger partial charge in [0.1, 0.15) is 11.6 Å². The summed E-state index contributed by atoms with van der Waals surface area (Å²) in [6.07, 6.45) is 1.67. The molecule has 1 aliphatic heterocycles. The zero-order chi connectivity index (χ0) is 25.5. The predicted octanol–water partition coefficient (Wildman–Crippen LogP) is 4.08. The monoisotopic (exact) mass is 489 g/mol. The van der Waals surface area contributed by atoms with Crippen LogP contribution in [-0.4, -0.2) is 47.3 Å². The summed E-state index contributed by atoms with van der Waals surface area (Å²) in [5.74, 6) is 0.170. The van der Waals surface area contributed by atoms with Crippen LogP contribution in [0.25, 0.3) is 11.3 Å². The maximum absolute atomic E-state index is 12.4. The van der Waals surface area contributed by atoms with Gasteiger partial charge in [-0.25, -0.2) is 10.4 Å². The van der Waals surface area contributed by atoms with Crippen LogP contribution in [-0.2, 0) is 6.54 Å². The van der Waals surface area contributed by atoms with Crippen molar-refractivity contribution in [1.82, 2.24) is 14.9 Å². The molecule has 0 aliphatic carbocycles. The lowest BCUT2D eigenvalue weighted by Crippen LogP contribution is -2.45. The van der Waals surface area contributed by atoms with Crippen LogP contribution < -0.4 is 15.9 Å². The highest BCUT2D eigenvalue weighted by atomic mass is 16.1. The van der Waals surface area contributed by atoms with Crippen LogP contribution in [0.3, 0.4) is 0 Å². The fraction of sp³-hybridized carbons (Fsp3) is 0.172. The first-order valence-corrected chi connectivity index (χ1v) is 12.2. The maximum atomic E-state index is 12.4. The van der Waals surface area contributed by atoms with E-state index < -0.39 is 5.56 Å². The Balaban J connectivity index is 1.19. The van der Waals surface area contributed by atoms with E-state index in [2.05, 4.69) is 72.8 Å². The van der Waals surface area contributed by atoms with Crippen molar-refractivity contribution < 1.29 is 0 Å². The first-order chi connectivity index (χ1) is 18.2. The lowest BCUT2D eigenvalue weighted by molar-refractivity contribution is 0.250. The molecule has 184 valence electrons. The van der Waals surface area contributed by atoms with Gasteiger partial charge in [-0.3, -0.25) is 14.7 Å². The maximum Gasteiger partial charge on any atom is 0.270 e. The summed E-state index contributed by atoms with van der Waals surface area (Å²) in [5, 5.41) is 13.6. The number of hydrogen-bond donors (Lipinski definition) is 2. The number of nitriles is 1. The number of nitrogens with one attached hydrogen (secondary N) is 2. The molecule has 2 N–H and O–H groups in total. The average molecular weight is 490 g/mol. The molecule has 0 saturated carbocycles. The molecule has 1 saturated heterocycles. The van der Waals surface area contributed by atoms with E-state index in [0.29, 0.717) is 11.3 Å². The van der Waals surface area contributed by atoms with Crippen LogP contribution >= 0.6 is 0 Å². The molecule has 0 bridgehead atoms. The van der Waals surface area contributed by atoms with Gasteiger partial charge in [0, 0.05) is 44.0 Å². The van der Waals surface area contributed by atoms with Crippen LogP contribution in [0, 0.1) is 11.3 Å². The third kappa shape index (κ3) is 5.92. The minimum atomic E-state index is -0.512. The van der Waals surface area contributed by atoms with Crippen molar-refractivity contribution in [3.63, 3.8) is 0 Å². The summed E-state index contributed by atoms with van der Waals surface area (Å²) in [5.41, 5.74) is 6.70. The molecule has 0 radical (unpaired) electrons. The number of hydrazone groups is 1. The molecule has 8 nitrogen and oxygen atoms in total. The Morgan fingerprint density at radius 1 is 0.946 bits per heavy atom. The molecule has 0 unspecified atom stereocenters. The second-order valence-electron chi connectivity index (χ2n) is 8.83. The second-order valence-corrected chi connectivity index (χ2v) is 8.83. The Labute approximate surface area is 215 Å². The summed E-state index contributed by atoms with van der Waals surface area (Å²) in [7, 11) is 0. The quantitative estimate of drug-likeness (QED) is 0.300. The molecule has 1 aromatic heterocycles. The minimum Gasteiger partial charge on any atom is -0.369 e. The van der Waals surface area contributed by atoms with E-state index in [9.17, 15) is 10.1 Å². The van der Waals surface area contributed by atoms with Crippen LogP contribution in [0.15, 0.2) is 94.8 Å². The number of rotatable bonds is 7. The lowest BCUT2D eigenvalue weighted by Gasteiger charge is -2.36. The minimum absolute atomic E-state index is 0.0304. The molecule has 0 amide bonds. The van der Waals surface area contributed by atoms with E-state index in [0.717, 1.165) is 38.3 Å². The summed E-state index contributed by atoms with van der Waals surface area (Å²) < 4.78 is 0. The van der Waals surface area contributed by atoms with Gasteiger partial charge in [-0.1, -0.05) is 72.8 Å². The van der Waals surface area contributed by atoms with Crippen molar-refractivity contribution in [2.45, 2.75) is 6.54 Å². The van der Waals surface area contributed by atoms with E-state index in [1.165, 1.54) is 11.3 Å². The second kappa shape index (κ2) is 11.3. The van der Waals surface area contributed by atoms with Crippen LogP contribution in [0.5, 0.6) is 0 Å². The van der Waals surface area contributed by atoms with E-state index in [1.54, 1.807) is 18.3 Å². The van der Waals surface area contributed by atoms with Gasteiger partial charge in [0.25, 0.3) is 5.56 Å². The highest BCUT2D eigenvalue weighted by Crippen LogP contribution is 2.20. The third-order valence-corrected chi connectivity index (χ3v) is 6.34. The number of piperazine rings is 1. The molecular formula is C29H27N7O. The Morgan fingerprint density at radius 2 is 1.62 bits per heavy atom. The van der Waals surface area contributed by atoms with Gasteiger partial charge in [0.2, 0.25) is 5.95 Å². The standard InChI is InChI=1S/C29H27N7O/c30-19-26-27(24-9-5-2-6-10-24)32-29(33-28(26)37)34-31-20-22-11-13-25(14-12-22)36-17-15-35(16-18-36)21-23-7-3-1-4-8-23/h1-14,20H,15-18,21H2,(H2,32,33,34,37). The third-order valence-electron chi connectivity index (χ3n) is 6.34. The molecule has 3 aromatic carbocycles. The van der Waals surface area contributed by atoms with Gasteiger partial charge in [0.15, 0.2) is 0 Å². The van der Waals surface area contributed by atoms with Crippen molar-refractivity contribution in [2.75, 3.05) is 36.5 Å². The molecule has 37 heavy (non-hydrogen) atoms. The van der Waals surface area contributed by atoms with Crippen LogP contribution in [0.4, 0.5) is 11.6 Å². The highest BCUT2D eigenvalue weighted by Gasteiger charge is 2.17. The molecule has 0 spiro atoms. The summed E-state index contributed by atoms with van der Waals surface area (Å²) in [4.78, 5) is 24.2. The van der Waals surface area contributed by atoms with Crippen molar-refractivity contribution in [3.8, 4) is 17.3 Å². The van der Waals surface area contributed by atoms with E-state index in [-0.39, 0.29) is 11.5 Å². The zero-order valence-electron chi connectivity index (χ0n) is 20.3. The number of H-pyrrole nitrogens is 1. The number of anilines is 2. The normalized spacial score (nSPS) is 14.0. The smallest absolute Gasteiger partial charge is 0.270 e. The molecule has 8 heteroatoms. The fourth-order valence-electron chi connectivity index (χ4n) is 4.38. The average Bonchev–Trinajstić information content (AvgIpc) is 2.95. The summed E-state index contributed by atoms with van der Waals surface area (Å²) >= 11 is 0. The molecule has 1 fully saturated rings. The first-order valence-electron chi connectivity index (χ1n) is 12.2. The van der Waals surface area contributed by atoms with Crippen LogP contribution in [0.1, 0.15) is 16.7 Å². The van der Waals surface area contributed by atoms with Crippen molar-refractivity contribution in [2.24, 2.45) is 5.10 Å². The fourth-order valence-corrected chi connectivity index (χ4v) is 4.38. The number of aromatic amines is 1. The number of benzene rings is 3. The largest absolute Gasteiger partial charge is 0.369 e. The van der Waals surface area contributed by atoms with E-state index in [1.807, 2.05) is 36.4 Å². The van der Waals surface area contributed by atoms with Gasteiger partial charge < -0.3 is 4.90 Å². The molecular weight excluding hydrogens is 462 g/mol. The van der Waals surface area contributed by atoms with Crippen molar-refractivity contribution in [3.05, 3.63) is 112 Å². The Hall–Kier alpha value is -4.74. The Morgan fingerprint density at radius 3 is 2.30 bits per heavy atom. The van der Waals surface area contributed by atoms with Gasteiger partial charge in [-0.05, 0) is 23.3 Å². The number of hydrogen-bond acceptors (Lipinski definition) is 7. The van der Waals surface area contributed by atoms with Gasteiger partial charge in [0.05, 0.1) is 11.9 Å². The van der Waals surface area contributed by atoms with Crippen molar-refractivity contribution in [1.29, 1.82) is 5.26 Å². The van der Waals surface area contributed by atoms with E-state index >= 15 is 0 Å². The summed E-state index contributed by atoms with van der Waals surface area (Å²) in [6.45, 7) is 5.03. The Kier molecular flexibility index (Phi) is 7.34. The van der Waals surface area contributed by atoms with Gasteiger partial charge in [-0.15, -0.1) is 0 Å². The topological polar surface area (TPSA) is 100 Å². The van der Waals surface area contributed by atoms with Gasteiger partial charge >= 0.3 is 0 Å².